The minimum absolute atomic E-state index is 0.141. The van der Waals surface area contributed by atoms with Crippen LogP contribution >= 0.6 is 12.2 Å². The Kier molecular flexibility index (Phi) is 4.50. The number of carbonyl (C=O) groups excluding carboxylic acids is 1. The maximum Gasteiger partial charge on any atom is 0.266 e. The molecular weight excluding hydrogens is 342 g/mol. The third-order valence-electron chi connectivity index (χ3n) is 4.47. The zero-order chi connectivity index (χ0) is 17.9. The summed E-state index contributed by atoms with van der Waals surface area (Å²) < 4.78 is 5.64. The normalized spacial score (nSPS) is 12.5. The minimum atomic E-state index is 0.141. The Morgan fingerprint density at radius 2 is 1.58 bits per heavy atom. The highest BCUT2D eigenvalue weighted by Crippen LogP contribution is 2.37. The van der Waals surface area contributed by atoms with Gasteiger partial charge in [-0.05, 0) is 53.5 Å². The lowest BCUT2D eigenvalue weighted by Gasteiger charge is -2.15. The fraction of sp³-hybridized carbons (Fsp3) is 0.0909. The van der Waals surface area contributed by atoms with Crippen LogP contribution < -0.4 is 10.1 Å². The van der Waals surface area contributed by atoms with E-state index in [4.69, 9.17) is 17.0 Å². The highest BCUT2D eigenvalue weighted by molar-refractivity contribution is 7.80. The predicted molar refractivity (Wildman–Crippen MR) is 108 cm³/mol. The SMILES string of the molecule is O=C1CCc2c(-c3ccccc3)ccc(NC(=S)Oc3ccccc3)c21. The quantitative estimate of drug-likeness (QED) is 0.648. The summed E-state index contributed by atoms with van der Waals surface area (Å²) in [5.74, 6) is 0.802. The van der Waals surface area contributed by atoms with Gasteiger partial charge in [-0.3, -0.25) is 4.79 Å². The largest absolute Gasteiger partial charge is 0.432 e. The number of hydrogen-bond donors (Lipinski definition) is 1. The molecule has 0 fully saturated rings. The molecule has 128 valence electrons. The van der Waals surface area contributed by atoms with Crippen molar-refractivity contribution in [3.63, 3.8) is 0 Å². The molecule has 3 nitrogen and oxygen atoms in total. The standard InChI is InChI=1S/C22H17NO2S/c24-20-14-12-18-17(15-7-3-1-4-8-15)11-13-19(21(18)20)23-22(26)25-16-9-5-2-6-10-16/h1-11,13H,12,14H2,(H,23,26). The number of fused-ring (bicyclic) bond motifs is 1. The molecule has 26 heavy (non-hydrogen) atoms. The molecule has 3 aromatic carbocycles. The molecule has 1 aliphatic carbocycles. The number of thiocarbonyl (C=S) groups is 1. The summed E-state index contributed by atoms with van der Waals surface area (Å²) in [6.45, 7) is 0. The van der Waals surface area contributed by atoms with E-state index in [1.807, 2.05) is 60.7 Å². The van der Waals surface area contributed by atoms with Gasteiger partial charge in [0, 0.05) is 12.0 Å². The summed E-state index contributed by atoms with van der Waals surface area (Å²) in [6.07, 6.45) is 1.28. The molecule has 0 spiro atoms. The number of ketones is 1. The van der Waals surface area contributed by atoms with Gasteiger partial charge >= 0.3 is 0 Å². The van der Waals surface area contributed by atoms with Crippen LogP contribution in [-0.4, -0.2) is 11.0 Å². The van der Waals surface area contributed by atoms with Gasteiger partial charge in [0.25, 0.3) is 5.17 Å². The first kappa shape index (κ1) is 16.5. The number of ether oxygens (including phenoxy) is 1. The Hall–Kier alpha value is -2.98. The van der Waals surface area contributed by atoms with Crippen molar-refractivity contribution in [3.8, 4) is 16.9 Å². The summed E-state index contributed by atoms with van der Waals surface area (Å²) in [7, 11) is 0. The van der Waals surface area contributed by atoms with Gasteiger partial charge in [-0.15, -0.1) is 0 Å². The van der Waals surface area contributed by atoms with E-state index in [9.17, 15) is 4.79 Å². The van der Waals surface area contributed by atoms with Crippen molar-refractivity contribution in [1.82, 2.24) is 0 Å². The average molecular weight is 359 g/mol. The van der Waals surface area contributed by atoms with E-state index in [0.29, 0.717) is 17.9 Å². The maximum atomic E-state index is 12.5. The van der Waals surface area contributed by atoms with Crippen molar-refractivity contribution in [1.29, 1.82) is 0 Å². The maximum absolute atomic E-state index is 12.5. The first-order valence-electron chi connectivity index (χ1n) is 8.51. The van der Waals surface area contributed by atoms with Crippen molar-refractivity contribution in [2.75, 3.05) is 5.32 Å². The van der Waals surface area contributed by atoms with E-state index < -0.39 is 0 Å². The molecule has 0 heterocycles. The second-order valence-corrected chi connectivity index (χ2v) is 6.50. The van der Waals surface area contributed by atoms with Gasteiger partial charge in [-0.1, -0.05) is 54.6 Å². The fourth-order valence-electron chi connectivity index (χ4n) is 3.31. The Morgan fingerprint density at radius 1 is 0.885 bits per heavy atom. The van der Waals surface area contributed by atoms with E-state index in [1.54, 1.807) is 0 Å². The van der Waals surface area contributed by atoms with Gasteiger partial charge in [-0.25, -0.2) is 0 Å². The third-order valence-corrected chi connectivity index (χ3v) is 4.65. The molecular formula is C22H17NO2S. The van der Waals surface area contributed by atoms with Crippen LogP contribution in [0.25, 0.3) is 11.1 Å². The van der Waals surface area contributed by atoms with E-state index in [0.717, 1.165) is 28.7 Å². The highest BCUT2D eigenvalue weighted by Gasteiger charge is 2.26. The molecule has 4 heteroatoms. The number of rotatable bonds is 3. The smallest absolute Gasteiger partial charge is 0.266 e. The Morgan fingerprint density at radius 3 is 2.31 bits per heavy atom. The summed E-state index contributed by atoms with van der Waals surface area (Å²) in [5, 5.41) is 3.32. The fourth-order valence-corrected chi connectivity index (χ4v) is 3.52. The first-order valence-corrected chi connectivity index (χ1v) is 8.91. The average Bonchev–Trinajstić information content (AvgIpc) is 3.06. The lowest BCUT2D eigenvalue weighted by atomic mass is 9.95. The van der Waals surface area contributed by atoms with Crippen molar-refractivity contribution >= 4 is 28.9 Å². The van der Waals surface area contributed by atoms with Gasteiger partial charge in [0.05, 0.1) is 5.69 Å². The van der Waals surface area contributed by atoms with Gasteiger partial charge in [0.1, 0.15) is 5.75 Å². The topological polar surface area (TPSA) is 38.3 Å². The molecule has 0 radical (unpaired) electrons. The molecule has 0 unspecified atom stereocenters. The number of nitrogens with one attached hydrogen (secondary N) is 1. The third kappa shape index (κ3) is 3.24. The molecule has 3 aromatic rings. The monoisotopic (exact) mass is 359 g/mol. The second kappa shape index (κ2) is 7.10. The number of Topliss-reactive ketones (excluding diaryl/α,β-unsaturated/α-hetero) is 1. The highest BCUT2D eigenvalue weighted by atomic mass is 32.1. The van der Waals surface area contributed by atoms with E-state index in [2.05, 4.69) is 17.4 Å². The number of hydrogen-bond acceptors (Lipinski definition) is 3. The number of para-hydroxylation sites is 1. The zero-order valence-electron chi connectivity index (χ0n) is 14.1. The molecule has 0 aromatic heterocycles. The lowest BCUT2D eigenvalue weighted by Crippen LogP contribution is -2.18. The number of carbonyl (C=O) groups is 1. The van der Waals surface area contributed by atoms with Crippen LogP contribution in [0.3, 0.4) is 0 Å². The Labute approximate surface area is 157 Å². The van der Waals surface area contributed by atoms with Gasteiger partial charge in [0.15, 0.2) is 5.78 Å². The van der Waals surface area contributed by atoms with E-state index >= 15 is 0 Å². The molecule has 4 rings (SSSR count). The van der Waals surface area contributed by atoms with Gasteiger partial charge < -0.3 is 10.1 Å². The van der Waals surface area contributed by atoms with Crippen LogP contribution in [0.5, 0.6) is 5.75 Å². The summed E-state index contributed by atoms with van der Waals surface area (Å²) in [5.41, 5.74) is 4.74. The molecule has 0 bridgehead atoms. The van der Waals surface area contributed by atoms with Crippen LogP contribution in [0.1, 0.15) is 22.3 Å². The predicted octanol–water partition coefficient (Wildman–Crippen LogP) is 5.26. The minimum Gasteiger partial charge on any atom is -0.432 e. The van der Waals surface area contributed by atoms with Crippen LogP contribution in [0, 0.1) is 0 Å². The van der Waals surface area contributed by atoms with Gasteiger partial charge in [0.2, 0.25) is 0 Å². The number of benzene rings is 3. The number of anilines is 1. The molecule has 0 atom stereocenters. The Bertz CT molecular complexity index is 968. The van der Waals surface area contributed by atoms with Crippen molar-refractivity contribution < 1.29 is 9.53 Å². The molecule has 1 N–H and O–H groups in total. The second-order valence-electron chi connectivity index (χ2n) is 6.13. The Balaban J connectivity index is 1.65. The van der Waals surface area contributed by atoms with E-state index in [-0.39, 0.29) is 11.0 Å². The molecule has 0 saturated heterocycles. The van der Waals surface area contributed by atoms with Crippen molar-refractivity contribution in [2.45, 2.75) is 12.8 Å². The van der Waals surface area contributed by atoms with Crippen LogP contribution in [0.2, 0.25) is 0 Å². The first-order chi connectivity index (χ1) is 12.7. The summed E-state index contributed by atoms with van der Waals surface area (Å²) in [4.78, 5) is 12.5. The molecule has 0 aliphatic heterocycles. The van der Waals surface area contributed by atoms with Crippen molar-refractivity contribution in [2.24, 2.45) is 0 Å². The summed E-state index contributed by atoms with van der Waals surface area (Å²) in [6, 6.07) is 23.4. The van der Waals surface area contributed by atoms with Gasteiger partial charge in [-0.2, -0.15) is 0 Å². The van der Waals surface area contributed by atoms with Crippen LogP contribution in [0.15, 0.2) is 72.8 Å². The summed E-state index contributed by atoms with van der Waals surface area (Å²) >= 11 is 5.31. The van der Waals surface area contributed by atoms with E-state index in [1.165, 1.54) is 0 Å². The zero-order valence-corrected chi connectivity index (χ0v) is 14.9. The van der Waals surface area contributed by atoms with Crippen LogP contribution in [-0.2, 0) is 6.42 Å². The molecule has 0 amide bonds. The molecule has 0 saturated carbocycles. The molecule has 1 aliphatic rings. The van der Waals surface area contributed by atoms with Crippen molar-refractivity contribution in [3.05, 3.63) is 83.9 Å². The lowest BCUT2D eigenvalue weighted by molar-refractivity contribution is 0.0995. The van der Waals surface area contributed by atoms with Crippen LogP contribution in [0.4, 0.5) is 5.69 Å².